The van der Waals surface area contributed by atoms with Crippen molar-refractivity contribution in [3.63, 3.8) is 0 Å². The van der Waals surface area contributed by atoms with Gasteiger partial charge >= 0.3 is 0 Å². The first-order valence-electron chi connectivity index (χ1n) is 51.7. The topological polar surface area (TPSA) is 39.2 Å². The van der Waals surface area contributed by atoms with Crippen LogP contribution in [-0.4, -0.2) is 0 Å². The summed E-state index contributed by atoms with van der Waals surface area (Å²) in [6, 6.07) is 192. The number of rotatable bonds is 20. The summed E-state index contributed by atoms with van der Waals surface area (Å²) in [5.41, 5.74) is 49.9. The molecule has 6 aliphatic carbocycles. The summed E-state index contributed by atoms with van der Waals surface area (Å²) in [4.78, 5) is 9.74. The summed E-state index contributed by atoms with van der Waals surface area (Å²) in [5.74, 6) is 0. The molecule has 0 amide bonds. The van der Waals surface area contributed by atoms with Crippen LogP contribution in [-0.2, 0) is 54.8 Å². The lowest BCUT2D eigenvalue weighted by Gasteiger charge is -2.37. The van der Waals surface area contributed by atoms with Crippen LogP contribution in [0, 0.1) is 0 Å². The van der Waals surface area contributed by atoms with Gasteiger partial charge in [-0.25, -0.2) is 0 Å². The average Bonchev–Trinajstić information content (AvgIpc) is 1.54. The third-order valence-corrected chi connectivity index (χ3v) is 33.2. The molecule has 0 aliphatic heterocycles. The fraction of sp³-hybridized carbons (Fsp3) is 0.0638. The number of hydrogen-bond donors (Lipinski definition) is 0. The van der Waals surface area contributed by atoms with E-state index in [1.165, 1.54) is 134 Å². The molecule has 692 valence electrons. The smallest absolute Gasteiger partial charge is 0.137 e. The summed E-state index contributed by atoms with van der Waals surface area (Å²) >= 11 is 0. The number of fused-ring (bicyclic) bond motifs is 18. The van der Waals surface area contributed by atoms with Crippen molar-refractivity contribution >= 4 is 112 Å². The SMILES string of the molecule is c1ccc(N(c2ccc(-c3ccc(N(c4ccc5c(c4)C(c4ccccc4)(c4ccc6c(c4)CC6)c4ccccc4-5)c4ccc5c(c4)oc4ccccc45)cc3)cc2)c2ccc3c(c2)C(c2ccccc2)(c2ccc4c(c2)CC4)c2cc(N(c4ccccc4)c4ccc(-c5ccc(N(c6ccc7c(c6)C(c6ccccc6)(c6ccc8c(c6)CC8)c6ccccc6-7)c6ccc7c(c6)oc6ccccc67)cc5)cc4)ccc2-3)cc1. The van der Waals surface area contributed by atoms with Crippen LogP contribution < -0.4 is 19.6 Å². The Balaban J connectivity index is 0.504. The summed E-state index contributed by atoms with van der Waals surface area (Å²) in [6.07, 6.45) is 6.58. The lowest BCUT2D eigenvalue weighted by molar-refractivity contribution is 0.668. The predicted molar refractivity (Wildman–Crippen MR) is 605 cm³/mol. The Kier molecular flexibility index (Phi) is 19.2. The van der Waals surface area contributed by atoms with Crippen LogP contribution in [0.2, 0.25) is 0 Å². The molecule has 6 aliphatic rings. The molecular formula is C141H96N4O2. The van der Waals surface area contributed by atoms with Crippen molar-refractivity contribution in [3.8, 4) is 55.6 Å². The summed E-state index contributed by atoms with van der Waals surface area (Å²) in [6.45, 7) is 0. The van der Waals surface area contributed by atoms with E-state index in [2.05, 4.69) is 529 Å². The number of anilines is 12. The van der Waals surface area contributed by atoms with Crippen molar-refractivity contribution in [2.75, 3.05) is 19.6 Å². The van der Waals surface area contributed by atoms with Gasteiger partial charge in [-0.15, -0.1) is 0 Å². The third kappa shape index (κ3) is 13.0. The zero-order valence-corrected chi connectivity index (χ0v) is 80.8. The van der Waals surface area contributed by atoms with Crippen LogP contribution in [0.4, 0.5) is 68.2 Å². The molecule has 0 saturated carbocycles. The van der Waals surface area contributed by atoms with E-state index < -0.39 is 16.2 Å². The number of benzene rings is 22. The Labute approximate surface area is 854 Å². The van der Waals surface area contributed by atoms with Crippen molar-refractivity contribution in [3.05, 3.63) is 610 Å². The Morgan fingerprint density at radius 2 is 0.374 bits per heavy atom. The van der Waals surface area contributed by atoms with Gasteiger partial charge in [-0.3, -0.25) is 0 Å². The normalized spacial score (nSPS) is 15.9. The minimum absolute atomic E-state index is 0.571. The number of nitrogens with zero attached hydrogens (tertiary/aromatic N) is 4. The van der Waals surface area contributed by atoms with Crippen molar-refractivity contribution in [1.29, 1.82) is 0 Å². The van der Waals surface area contributed by atoms with E-state index >= 15 is 0 Å². The molecule has 147 heavy (non-hydrogen) atoms. The molecule has 2 unspecified atom stereocenters. The van der Waals surface area contributed by atoms with E-state index in [1.54, 1.807) is 0 Å². The highest BCUT2D eigenvalue weighted by atomic mass is 16.3. The van der Waals surface area contributed by atoms with Crippen molar-refractivity contribution in [2.45, 2.75) is 54.8 Å². The lowest BCUT2D eigenvalue weighted by Crippen LogP contribution is -2.30. The third-order valence-electron chi connectivity index (χ3n) is 33.2. The molecule has 0 bridgehead atoms. The van der Waals surface area contributed by atoms with E-state index in [0.29, 0.717) is 0 Å². The maximum Gasteiger partial charge on any atom is 0.137 e. The van der Waals surface area contributed by atoms with Crippen LogP contribution >= 0.6 is 0 Å². The van der Waals surface area contributed by atoms with E-state index in [-0.39, 0.29) is 0 Å². The highest BCUT2D eigenvalue weighted by Crippen LogP contribution is 2.64. The first-order chi connectivity index (χ1) is 72.8. The van der Waals surface area contributed by atoms with Crippen LogP contribution in [0.5, 0.6) is 0 Å². The Morgan fingerprint density at radius 1 is 0.143 bits per heavy atom. The van der Waals surface area contributed by atoms with E-state index in [0.717, 1.165) is 173 Å². The number of furan rings is 2. The second-order valence-corrected chi connectivity index (χ2v) is 40.6. The molecule has 2 heterocycles. The van der Waals surface area contributed by atoms with Crippen molar-refractivity contribution in [1.82, 2.24) is 0 Å². The van der Waals surface area contributed by atoms with Crippen LogP contribution in [0.1, 0.15) is 100 Å². The molecule has 6 heteroatoms. The summed E-state index contributed by atoms with van der Waals surface area (Å²) < 4.78 is 13.4. The van der Waals surface area contributed by atoms with Crippen LogP contribution in [0.15, 0.2) is 518 Å². The van der Waals surface area contributed by atoms with E-state index in [1.807, 2.05) is 0 Å². The Hall–Kier alpha value is -18.4. The van der Waals surface area contributed by atoms with Gasteiger partial charge in [0.25, 0.3) is 0 Å². The minimum Gasteiger partial charge on any atom is -0.456 e. The molecular weight excluding hydrogens is 1780 g/mol. The van der Waals surface area contributed by atoms with Crippen molar-refractivity contribution < 1.29 is 8.83 Å². The fourth-order valence-electron chi connectivity index (χ4n) is 26.0. The standard InChI is InChI=1S/C141H96N4O2/c1-6-24-101(25-7-1)139(104-59-48-95-42-45-98(95)82-104)129-38-20-16-34-119(129)121-76-72-115(87-131(121)139)144(117-74-80-127-125-36-18-22-40-135(125)146-137(127)89-117)111-66-55-93(56-67-111)91-51-62-109(63-52-91)142(107-30-12-4-13-31-107)113-70-78-123-124-79-71-114(86-134(124)141(133(123)85-113,103-28-10-3-11-29-103)106-61-50-97-44-47-100(97)84-106)143(108-32-14-5-15-33-108)110-64-53-92(54-65-110)94-57-68-112(69-58-94)145(118-75-81-128-126-37-19-23-41-136(126)147-138(128)90-118)116-73-77-122-120-35-17-21-39-130(120)140(132(122)88-116,102-26-8-2-9-27-102)105-60-49-96-43-46-99(96)83-105/h1-41,48-90H,42-47H2. The van der Waals surface area contributed by atoms with Gasteiger partial charge in [0, 0.05) is 102 Å². The second-order valence-electron chi connectivity index (χ2n) is 40.6. The second kappa shape index (κ2) is 33.4. The average molecular weight is 1880 g/mol. The molecule has 6 nitrogen and oxygen atoms in total. The maximum absolute atomic E-state index is 6.72. The first kappa shape index (κ1) is 84.3. The number of aryl methyl sites for hydroxylation is 6. The highest BCUT2D eigenvalue weighted by molar-refractivity contribution is 6.08. The van der Waals surface area contributed by atoms with Gasteiger partial charge in [0.2, 0.25) is 0 Å². The van der Waals surface area contributed by atoms with Gasteiger partial charge in [-0.2, -0.15) is 0 Å². The molecule has 0 saturated heterocycles. The quantitative estimate of drug-likeness (QED) is 0.0757. The van der Waals surface area contributed by atoms with Gasteiger partial charge < -0.3 is 28.4 Å². The highest BCUT2D eigenvalue weighted by Gasteiger charge is 2.51. The number of para-hydroxylation sites is 4. The van der Waals surface area contributed by atoms with Crippen LogP contribution in [0.25, 0.3) is 99.5 Å². The lowest BCUT2D eigenvalue weighted by atomic mass is 9.66. The Morgan fingerprint density at radius 3 is 0.680 bits per heavy atom. The monoisotopic (exact) mass is 1880 g/mol. The molecule has 22 aromatic carbocycles. The van der Waals surface area contributed by atoms with Gasteiger partial charge in [-0.1, -0.05) is 340 Å². The summed E-state index contributed by atoms with van der Waals surface area (Å²) in [5, 5.41) is 4.40. The number of hydrogen-bond acceptors (Lipinski definition) is 6. The summed E-state index contributed by atoms with van der Waals surface area (Å²) in [7, 11) is 0. The van der Waals surface area contributed by atoms with Crippen molar-refractivity contribution in [2.24, 2.45) is 0 Å². The Bertz CT molecular complexity index is 8930. The van der Waals surface area contributed by atoms with E-state index in [4.69, 9.17) is 8.83 Å². The predicted octanol–water partition coefficient (Wildman–Crippen LogP) is 36.1. The maximum atomic E-state index is 6.72. The van der Waals surface area contributed by atoms with Gasteiger partial charge in [0.05, 0.1) is 16.2 Å². The van der Waals surface area contributed by atoms with Gasteiger partial charge in [0.1, 0.15) is 22.3 Å². The molecule has 0 radical (unpaired) electrons. The van der Waals surface area contributed by atoms with Gasteiger partial charge in [-0.05, 0) is 352 Å². The molecule has 0 fully saturated rings. The van der Waals surface area contributed by atoms with Gasteiger partial charge in [0.15, 0.2) is 0 Å². The zero-order chi connectivity index (χ0) is 96.6. The van der Waals surface area contributed by atoms with Crippen LogP contribution in [0.3, 0.4) is 0 Å². The minimum atomic E-state index is -0.756. The fourth-order valence-corrected chi connectivity index (χ4v) is 26.0. The zero-order valence-electron chi connectivity index (χ0n) is 80.8. The first-order valence-corrected chi connectivity index (χ1v) is 51.7. The molecule has 0 N–H and O–H groups in total. The van der Waals surface area contributed by atoms with E-state index in [9.17, 15) is 0 Å². The molecule has 2 aromatic heterocycles. The molecule has 0 spiro atoms. The molecule has 30 rings (SSSR count). The molecule has 2 atom stereocenters. The molecule has 24 aromatic rings. The largest absolute Gasteiger partial charge is 0.456 e.